The summed E-state index contributed by atoms with van der Waals surface area (Å²) in [5, 5.41) is 12.6. The molecule has 9 rings (SSSR count). The Bertz CT molecular complexity index is 3430. The molecule has 0 spiro atoms. The van der Waals surface area contributed by atoms with Crippen molar-refractivity contribution in [3.05, 3.63) is 191 Å². The van der Waals surface area contributed by atoms with E-state index in [1.165, 1.54) is 33.4 Å². The molecule has 2 aromatic heterocycles. The van der Waals surface area contributed by atoms with E-state index >= 15 is 0 Å². The lowest BCUT2D eigenvalue weighted by Crippen LogP contribution is -2.17. The molecule has 354 valence electrons. The van der Waals surface area contributed by atoms with Crippen LogP contribution in [0.4, 0.5) is 0 Å². The zero-order valence-corrected chi connectivity index (χ0v) is 43.8. The summed E-state index contributed by atoms with van der Waals surface area (Å²) in [5.41, 5.74) is 20.8. The summed E-state index contributed by atoms with van der Waals surface area (Å²) in [6.45, 7) is 31.2. The van der Waals surface area contributed by atoms with E-state index in [9.17, 15) is 5.11 Å². The molecule has 0 unspecified atom stereocenters. The maximum absolute atomic E-state index is 12.6. The van der Waals surface area contributed by atoms with Gasteiger partial charge in [-0.25, -0.2) is 4.98 Å². The van der Waals surface area contributed by atoms with Crippen LogP contribution in [0.3, 0.4) is 0 Å². The molecule has 0 radical (unpaired) electrons. The van der Waals surface area contributed by atoms with Crippen molar-refractivity contribution < 1.29 is 5.11 Å². The lowest BCUT2D eigenvalue weighted by molar-refractivity contribution is 0.446. The minimum Gasteiger partial charge on any atom is -0.507 e. The first-order valence-corrected chi connectivity index (χ1v) is 24.9. The Morgan fingerprint density at radius 1 is 0.414 bits per heavy atom. The number of rotatable bonds is 7. The van der Waals surface area contributed by atoms with E-state index in [-0.39, 0.29) is 27.4 Å². The van der Waals surface area contributed by atoms with E-state index in [2.05, 4.69) is 253 Å². The molecule has 9 aromatic rings. The Labute approximate surface area is 417 Å². The predicted octanol–water partition coefficient (Wildman–Crippen LogP) is 17.9. The second-order valence-corrected chi connectivity index (χ2v) is 23.5. The lowest BCUT2D eigenvalue weighted by atomic mass is 9.79. The topological polar surface area (TPSA) is 50.9 Å². The van der Waals surface area contributed by atoms with Crippen molar-refractivity contribution in [3.8, 4) is 78.6 Å². The highest BCUT2D eigenvalue weighted by Crippen LogP contribution is 2.46. The van der Waals surface area contributed by atoms with Crippen LogP contribution in [0.1, 0.15) is 116 Å². The molecule has 4 nitrogen and oxygen atoms in total. The monoisotopic (exact) mass is 920 g/mol. The van der Waals surface area contributed by atoms with Crippen LogP contribution in [-0.4, -0.2) is 19.6 Å². The molecule has 70 heavy (non-hydrogen) atoms. The van der Waals surface area contributed by atoms with Crippen LogP contribution >= 0.6 is 0 Å². The van der Waals surface area contributed by atoms with E-state index in [4.69, 9.17) is 9.97 Å². The first kappa shape index (κ1) is 48.0. The fraction of sp³-hybridized carbons (Fsp3) is 0.273. The average Bonchev–Trinajstić information content (AvgIpc) is 3.70. The average molecular weight is 920 g/mol. The number of pyridine rings is 1. The van der Waals surface area contributed by atoms with E-state index in [1.54, 1.807) is 0 Å². The van der Waals surface area contributed by atoms with Gasteiger partial charge >= 0.3 is 0 Å². The maximum Gasteiger partial charge on any atom is 0.149 e. The number of phenolic OH excluding ortho intramolecular Hbond substituents is 1. The van der Waals surface area contributed by atoms with E-state index in [0.717, 1.165) is 72.5 Å². The third-order valence-electron chi connectivity index (χ3n) is 14.1. The third kappa shape index (κ3) is 9.25. The molecular formula is C66H69N3O. The fourth-order valence-electron chi connectivity index (χ4n) is 9.77. The van der Waals surface area contributed by atoms with Gasteiger partial charge in [-0.15, -0.1) is 0 Å². The quantitative estimate of drug-likeness (QED) is 0.173. The van der Waals surface area contributed by atoms with Crippen molar-refractivity contribution in [2.24, 2.45) is 0 Å². The van der Waals surface area contributed by atoms with Gasteiger partial charge in [-0.05, 0) is 145 Å². The number of aromatic nitrogens is 3. The summed E-state index contributed by atoms with van der Waals surface area (Å²) in [5.74, 6) is 0.955. The summed E-state index contributed by atoms with van der Waals surface area (Å²) < 4.78 is 2.30. The van der Waals surface area contributed by atoms with Gasteiger partial charge in [-0.3, -0.25) is 9.55 Å². The molecule has 0 bridgehead atoms. The Morgan fingerprint density at radius 2 is 1.03 bits per heavy atom. The molecule has 0 atom stereocenters. The van der Waals surface area contributed by atoms with E-state index < -0.39 is 0 Å². The fourth-order valence-corrected chi connectivity index (χ4v) is 9.77. The minimum atomic E-state index is -0.329. The lowest BCUT2D eigenvalue weighted by Gasteiger charge is -2.28. The van der Waals surface area contributed by atoms with Gasteiger partial charge in [0.15, 0.2) is 0 Å². The molecule has 0 fully saturated rings. The van der Waals surface area contributed by atoms with Gasteiger partial charge in [-0.1, -0.05) is 186 Å². The van der Waals surface area contributed by atoms with Crippen molar-refractivity contribution in [2.45, 2.75) is 119 Å². The van der Waals surface area contributed by atoms with Gasteiger partial charge in [0.25, 0.3) is 0 Å². The molecule has 0 aliphatic heterocycles. The highest BCUT2D eigenvalue weighted by Gasteiger charge is 2.30. The molecule has 2 heterocycles. The van der Waals surface area contributed by atoms with Crippen LogP contribution in [0.2, 0.25) is 0 Å². The van der Waals surface area contributed by atoms with Gasteiger partial charge in [0.2, 0.25) is 0 Å². The van der Waals surface area contributed by atoms with Crippen LogP contribution in [0.25, 0.3) is 83.9 Å². The van der Waals surface area contributed by atoms with Crippen molar-refractivity contribution in [2.75, 3.05) is 0 Å². The molecule has 4 heteroatoms. The standard InChI is InChI=1S/C66H69N3O/c1-41-21-18-19-24-51(41)52-29-27-44(33-42(52)2)45-31-32-67-57(37-45)47-34-46(35-49(36-47)64(6,7)8)53-25-20-26-59-60(53)68-62(55-39-50(65(9,10)11)40-56(61(55)70)66(12,13)14)69(59)58-30-28-48(63(3,4)5)38-54(58)43-22-16-15-17-23-43/h15-40,70H,1-14H3. The summed E-state index contributed by atoms with van der Waals surface area (Å²) in [6, 6.07) is 55.1. The largest absolute Gasteiger partial charge is 0.507 e. The number of para-hydroxylation sites is 1. The number of aryl methyl sites for hydroxylation is 2. The molecule has 0 saturated heterocycles. The van der Waals surface area contributed by atoms with Gasteiger partial charge in [0.1, 0.15) is 11.6 Å². The second kappa shape index (κ2) is 17.7. The normalized spacial score (nSPS) is 12.5. The Kier molecular flexibility index (Phi) is 12.2. The number of nitrogens with zero attached hydrogens (tertiary/aromatic N) is 3. The minimum absolute atomic E-state index is 0.0781. The zero-order chi connectivity index (χ0) is 50.1. The zero-order valence-electron chi connectivity index (χ0n) is 43.8. The SMILES string of the molecule is Cc1ccccc1-c1ccc(-c2ccnc(-c3cc(-c4cccc5c4nc(-c4cc(C(C)(C)C)cc(C(C)(C)C)c4O)n5-c4ccc(C(C)(C)C)cc4-c4ccccc4)cc(C(C)(C)C)c3)c2)cc1C. The Morgan fingerprint density at radius 3 is 1.70 bits per heavy atom. The second-order valence-electron chi connectivity index (χ2n) is 23.5. The number of hydrogen-bond acceptors (Lipinski definition) is 3. The number of fused-ring (bicyclic) bond motifs is 1. The molecule has 1 N–H and O–H groups in total. The van der Waals surface area contributed by atoms with Gasteiger partial charge in [-0.2, -0.15) is 0 Å². The highest BCUT2D eigenvalue weighted by atomic mass is 16.3. The van der Waals surface area contributed by atoms with Crippen LogP contribution in [0.5, 0.6) is 5.75 Å². The predicted molar refractivity (Wildman–Crippen MR) is 297 cm³/mol. The van der Waals surface area contributed by atoms with Crippen molar-refractivity contribution >= 4 is 11.0 Å². The Balaban J connectivity index is 1.29. The molecule has 0 aliphatic rings. The van der Waals surface area contributed by atoms with Crippen LogP contribution in [0, 0.1) is 13.8 Å². The van der Waals surface area contributed by atoms with Crippen LogP contribution in [0.15, 0.2) is 158 Å². The molecule has 0 saturated carbocycles. The number of hydrogen-bond donors (Lipinski definition) is 1. The van der Waals surface area contributed by atoms with Crippen molar-refractivity contribution in [1.29, 1.82) is 0 Å². The van der Waals surface area contributed by atoms with Gasteiger partial charge in [0, 0.05) is 28.5 Å². The maximum atomic E-state index is 12.6. The molecule has 0 amide bonds. The van der Waals surface area contributed by atoms with Gasteiger partial charge in [0.05, 0.1) is 28.0 Å². The van der Waals surface area contributed by atoms with Crippen LogP contribution in [-0.2, 0) is 21.7 Å². The number of aromatic hydroxyl groups is 1. The van der Waals surface area contributed by atoms with Crippen LogP contribution < -0.4 is 0 Å². The molecule has 0 aliphatic carbocycles. The summed E-state index contributed by atoms with van der Waals surface area (Å²) in [7, 11) is 0. The smallest absolute Gasteiger partial charge is 0.149 e. The summed E-state index contributed by atoms with van der Waals surface area (Å²) in [6.07, 6.45) is 1.94. The van der Waals surface area contributed by atoms with E-state index in [0.29, 0.717) is 11.4 Å². The summed E-state index contributed by atoms with van der Waals surface area (Å²) >= 11 is 0. The van der Waals surface area contributed by atoms with Crippen molar-refractivity contribution in [1.82, 2.24) is 14.5 Å². The number of benzene rings is 7. The Hall–Kier alpha value is -7.04. The number of phenols is 1. The molecular weight excluding hydrogens is 851 g/mol. The number of imidazole rings is 1. The third-order valence-corrected chi connectivity index (χ3v) is 14.1. The first-order valence-electron chi connectivity index (χ1n) is 24.9. The van der Waals surface area contributed by atoms with Crippen molar-refractivity contribution in [3.63, 3.8) is 0 Å². The summed E-state index contributed by atoms with van der Waals surface area (Å²) in [4.78, 5) is 10.8. The highest BCUT2D eigenvalue weighted by molar-refractivity contribution is 5.98. The van der Waals surface area contributed by atoms with Gasteiger partial charge < -0.3 is 5.11 Å². The van der Waals surface area contributed by atoms with E-state index in [1.807, 2.05) is 6.20 Å². The first-order chi connectivity index (χ1) is 33.0. The molecule has 7 aromatic carbocycles.